The van der Waals surface area contributed by atoms with Gasteiger partial charge >= 0.3 is 19.5 Å². The molecular formula is C17H15Cl2N3O6Zn. The van der Waals surface area contributed by atoms with Crippen LogP contribution >= 0.6 is 23.2 Å². The van der Waals surface area contributed by atoms with Gasteiger partial charge in [0.15, 0.2) is 0 Å². The number of phenols is 1. The Morgan fingerprint density at radius 1 is 1.10 bits per heavy atom. The van der Waals surface area contributed by atoms with Crippen LogP contribution < -0.4 is 15.6 Å². The maximum absolute atomic E-state index is 11.7. The number of phenolic OH excluding ortho intramolecular Hbond substituents is 1. The van der Waals surface area contributed by atoms with Crippen LogP contribution in [0.3, 0.4) is 0 Å². The average molecular weight is 494 g/mol. The Hall–Kier alpha value is -2.55. The van der Waals surface area contributed by atoms with Crippen molar-refractivity contribution in [3.8, 4) is 5.75 Å². The molecule has 0 aliphatic heterocycles. The molecule has 0 atom stereocenters. The minimum Gasteiger partial charge on any atom is -0.550 e. The molecule has 9 nitrogen and oxygen atoms in total. The molecular weight excluding hydrogens is 478 g/mol. The van der Waals surface area contributed by atoms with Crippen LogP contribution in [0.5, 0.6) is 5.75 Å². The second-order valence-corrected chi connectivity index (χ2v) is 5.59. The summed E-state index contributed by atoms with van der Waals surface area (Å²) in [5.41, 5.74) is 3.04. The second-order valence-electron chi connectivity index (χ2n) is 4.74. The fourth-order valence-corrected chi connectivity index (χ4v) is 1.92. The minimum absolute atomic E-state index is 0. The normalized spacial score (nSPS) is 9.10. The van der Waals surface area contributed by atoms with E-state index < -0.39 is 17.8 Å². The first-order chi connectivity index (χ1) is 13.0. The van der Waals surface area contributed by atoms with Crippen LogP contribution in [-0.2, 0) is 29.1 Å². The standard InChI is InChI=1S/C13H9Cl2N3O2.2C2H4O2.Zn/c14-10-5-9(12(19)11(15)6-10)7-17-18-13(20)8-1-3-16-4-2-8;2*1-2(3)4;/h1-7,19H,(H,18,20);2*1H3,(H,3,4);/q;;;+2/p-2/b17-7+;;;. The maximum atomic E-state index is 11.7. The van der Waals surface area contributed by atoms with Gasteiger partial charge in [0.2, 0.25) is 0 Å². The number of amides is 1. The van der Waals surface area contributed by atoms with Crippen LogP contribution in [0.1, 0.15) is 29.8 Å². The van der Waals surface area contributed by atoms with Crippen molar-refractivity contribution >= 4 is 47.3 Å². The molecule has 12 heteroatoms. The van der Waals surface area contributed by atoms with E-state index in [9.17, 15) is 9.90 Å². The van der Waals surface area contributed by atoms with E-state index in [0.29, 0.717) is 16.1 Å². The molecule has 0 radical (unpaired) electrons. The van der Waals surface area contributed by atoms with Crippen LogP contribution in [0.25, 0.3) is 0 Å². The average Bonchev–Trinajstić information content (AvgIpc) is 2.58. The minimum atomic E-state index is -1.08. The van der Waals surface area contributed by atoms with Gasteiger partial charge in [-0.15, -0.1) is 0 Å². The van der Waals surface area contributed by atoms with Gasteiger partial charge in [-0.2, -0.15) is 5.10 Å². The van der Waals surface area contributed by atoms with Gasteiger partial charge in [-0.05, 0) is 38.1 Å². The summed E-state index contributed by atoms with van der Waals surface area (Å²) in [5, 5.41) is 31.7. The molecule has 2 N–H and O–H groups in total. The molecule has 1 heterocycles. The quantitative estimate of drug-likeness (QED) is 0.355. The summed E-state index contributed by atoms with van der Waals surface area (Å²) in [5.74, 6) is -2.71. The molecule has 0 aliphatic rings. The Morgan fingerprint density at radius 3 is 2.07 bits per heavy atom. The molecule has 0 bridgehead atoms. The van der Waals surface area contributed by atoms with E-state index in [0.717, 1.165) is 13.8 Å². The number of hydrogen-bond donors (Lipinski definition) is 2. The molecule has 2 rings (SSSR count). The number of halogens is 2. The molecule has 1 amide bonds. The van der Waals surface area contributed by atoms with Gasteiger partial charge in [-0.3, -0.25) is 9.78 Å². The fraction of sp³-hybridized carbons (Fsp3) is 0.118. The molecule has 0 aliphatic carbocycles. The molecule has 29 heavy (non-hydrogen) atoms. The number of hydrogen-bond acceptors (Lipinski definition) is 8. The third kappa shape index (κ3) is 14.2. The van der Waals surface area contributed by atoms with Crippen LogP contribution in [0.15, 0.2) is 41.8 Å². The third-order valence-corrected chi connectivity index (χ3v) is 2.88. The molecule has 2 aromatic rings. The van der Waals surface area contributed by atoms with Crippen molar-refractivity contribution in [3.63, 3.8) is 0 Å². The van der Waals surface area contributed by atoms with E-state index >= 15 is 0 Å². The summed E-state index contributed by atoms with van der Waals surface area (Å²) in [7, 11) is 0. The first-order valence-electron chi connectivity index (χ1n) is 7.31. The number of carbonyl (C=O) groups is 3. The Bertz CT molecular complexity index is 831. The van der Waals surface area contributed by atoms with Crippen LogP contribution in [0.2, 0.25) is 10.0 Å². The predicted octanol–water partition coefficient (Wildman–Crippen LogP) is 0.368. The van der Waals surface area contributed by atoms with E-state index in [1.165, 1.54) is 30.7 Å². The number of hydrazone groups is 1. The first-order valence-corrected chi connectivity index (χ1v) is 8.06. The van der Waals surface area contributed by atoms with E-state index in [-0.39, 0.29) is 30.3 Å². The number of rotatable bonds is 3. The van der Waals surface area contributed by atoms with Crippen molar-refractivity contribution in [3.05, 3.63) is 57.8 Å². The summed E-state index contributed by atoms with van der Waals surface area (Å²) in [6.07, 6.45) is 4.26. The Kier molecular flexibility index (Phi) is 15.2. The van der Waals surface area contributed by atoms with Crippen molar-refractivity contribution in [1.29, 1.82) is 0 Å². The SMILES string of the molecule is CC(=O)[O-].CC(=O)[O-].O=C(N/N=C/c1cc(Cl)cc(Cl)c1O)c1ccncc1.[Zn+2]. The predicted molar refractivity (Wildman–Crippen MR) is 98.8 cm³/mol. The molecule has 1 aromatic heterocycles. The number of nitrogens with zero attached hydrogens (tertiary/aromatic N) is 2. The number of aliphatic carboxylic acids is 2. The van der Waals surface area contributed by atoms with Crippen LogP contribution in [0.4, 0.5) is 0 Å². The molecule has 1 aromatic carbocycles. The van der Waals surface area contributed by atoms with Gasteiger partial charge in [0, 0.05) is 40.5 Å². The Morgan fingerprint density at radius 2 is 1.59 bits per heavy atom. The monoisotopic (exact) mass is 491 g/mol. The number of carbonyl (C=O) groups excluding carboxylic acids is 3. The second kappa shape index (κ2) is 15.4. The van der Waals surface area contributed by atoms with Gasteiger partial charge in [-0.1, -0.05) is 23.2 Å². The molecule has 0 unspecified atom stereocenters. The molecule has 0 saturated carbocycles. The third-order valence-electron chi connectivity index (χ3n) is 2.37. The summed E-state index contributed by atoms with van der Waals surface area (Å²) < 4.78 is 0. The summed E-state index contributed by atoms with van der Waals surface area (Å²) >= 11 is 11.6. The fourth-order valence-electron chi connectivity index (χ4n) is 1.41. The van der Waals surface area contributed by atoms with Gasteiger partial charge in [0.25, 0.3) is 5.91 Å². The number of carboxylic acid groups (broad SMARTS) is 2. The zero-order valence-corrected chi connectivity index (χ0v) is 19.9. The summed E-state index contributed by atoms with van der Waals surface area (Å²) in [4.78, 5) is 33.3. The zero-order chi connectivity index (χ0) is 21.7. The Balaban J connectivity index is 0. The van der Waals surface area contributed by atoms with Crippen LogP contribution in [-0.4, -0.2) is 34.2 Å². The number of carboxylic acids is 2. The first kappa shape index (κ1) is 28.7. The van der Waals surface area contributed by atoms with Crippen molar-refractivity contribution < 1.29 is 49.2 Å². The van der Waals surface area contributed by atoms with E-state index in [1.807, 2.05) is 0 Å². The number of nitrogens with one attached hydrogen (secondary N) is 1. The van der Waals surface area contributed by atoms with Crippen molar-refractivity contribution in [2.75, 3.05) is 0 Å². The number of benzene rings is 1. The van der Waals surface area contributed by atoms with E-state index in [2.05, 4.69) is 15.5 Å². The smallest absolute Gasteiger partial charge is 0.550 e. The van der Waals surface area contributed by atoms with E-state index in [1.54, 1.807) is 12.1 Å². The zero-order valence-electron chi connectivity index (χ0n) is 15.4. The van der Waals surface area contributed by atoms with Crippen molar-refractivity contribution in [1.82, 2.24) is 10.4 Å². The molecule has 150 valence electrons. The summed E-state index contributed by atoms with van der Waals surface area (Å²) in [6.45, 7) is 1.94. The molecule has 0 fully saturated rings. The van der Waals surface area contributed by atoms with Gasteiger partial charge < -0.3 is 24.9 Å². The maximum Gasteiger partial charge on any atom is 2.00 e. The van der Waals surface area contributed by atoms with Gasteiger partial charge in [-0.25, -0.2) is 5.43 Å². The van der Waals surface area contributed by atoms with Crippen molar-refractivity contribution in [2.45, 2.75) is 13.8 Å². The number of pyridine rings is 1. The Labute approximate surface area is 189 Å². The number of aromatic nitrogens is 1. The van der Waals surface area contributed by atoms with Gasteiger partial charge in [0.05, 0.1) is 11.2 Å². The van der Waals surface area contributed by atoms with E-state index in [4.69, 9.17) is 43.0 Å². The molecule has 0 saturated heterocycles. The van der Waals surface area contributed by atoms with Gasteiger partial charge in [0.1, 0.15) is 5.75 Å². The molecule has 0 spiro atoms. The number of aromatic hydroxyl groups is 1. The topological polar surface area (TPSA) is 155 Å². The largest absolute Gasteiger partial charge is 2.00 e. The summed E-state index contributed by atoms with van der Waals surface area (Å²) in [6, 6.07) is 5.99. The van der Waals surface area contributed by atoms with Crippen LogP contribution in [0, 0.1) is 0 Å². The van der Waals surface area contributed by atoms with Crippen molar-refractivity contribution in [2.24, 2.45) is 5.10 Å².